The molecule has 12 heteroatoms. The van der Waals surface area contributed by atoms with Crippen molar-refractivity contribution in [3.8, 4) is 22.4 Å². The third-order valence-electron chi connectivity index (χ3n) is 5.02. The molecule has 0 bridgehead atoms. The fourth-order valence-electron chi connectivity index (χ4n) is 3.21. The molecule has 0 unspecified atom stereocenters. The van der Waals surface area contributed by atoms with Gasteiger partial charge in [0.25, 0.3) is 11.8 Å². The smallest absolute Gasteiger partial charge is 0.253 e. The minimum atomic E-state index is -3.55. The van der Waals surface area contributed by atoms with E-state index in [2.05, 4.69) is 20.6 Å². The van der Waals surface area contributed by atoms with Gasteiger partial charge in [0.1, 0.15) is 6.04 Å². The van der Waals surface area contributed by atoms with Gasteiger partial charge in [0, 0.05) is 35.7 Å². The van der Waals surface area contributed by atoms with Crippen molar-refractivity contribution in [3.05, 3.63) is 78.2 Å². The molecule has 1 atom stereocenters. The molecule has 0 saturated heterocycles. The maximum Gasteiger partial charge on any atom is 0.253 e. The predicted octanol–water partition coefficient (Wildman–Crippen LogP) is 2.21. The molecular formula is C23H21N5O5S2. The molecule has 3 heterocycles. The summed E-state index contributed by atoms with van der Waals surface area (Å²) < 4.78 is 24.0. The lowest BCUT2D eigenvalue weighted by Crippen LogP contribution is -2.46. The van der Waals surface area contributed by atoms with Gasteiger partial charge >= 0.3 is 0 Å². The highest BCUT2D eigenvalue weighted by Crippen LogP contribution is 2.28. The number of pyridine rings is 1. The van der Waals surface area contributed by atoms with E-state index >= 15 is 0 Å². The molecule has 3 aromatic heterocycles. The number of thiazole rings is 1. The zero-order valence-corrected chi connectivity index (χ0v) is 20.1. The molecule has 4 aromatic rings. The lowest BCUT2D eigenvalue weighted by molar-refractivity contribution is -0.118. The maximum atomic E-state index is 12.6. The van der Waals surface area contributed by atoms with Crippen LogP contribution in [0.5, 0.6) is 0 Å². The van der Waals surface area contributed by atoms with Crippen molar-refractivity contribution in [2.75, 3.05) is 18.2 Å². The Bertz CT molecular complexity index is 1460. The number of nitrogens with zero attached hydrogens (tertiary/aromatic N) is 3. The van der Waals surface area contributed by atoms with Crippen molar-refractivity contribution in [2.24, 2.45) is 0 Å². The number of carbonyl (C=O) groups is 2. The van der Waals surface area contributed by atoms with Gasteiger partial charge in [-0.05, 0) is 35.4 Å². The van der Waals surface area contributed by atoms with Crippen LogP contribution in [0.1, 0.15) is 10.4 Å². The molecule has 4 rings (SSSR count). The van der Waals surface area contributed by atoms with Gasteiger partial charge in [-0.1, -0.05) is 18.2 Å². The highest BCUT2D eigenvalue weighted by molar-refractivity contribution is 7.89. The molecule has 35 heavy (non-hydrogen) atoms. The second kappa shape index (κ2) is 10.2. The number of hydrogen-bond donors (Lipinski definition) is 3. The van der Waals surface area contributed by atoms with Crippen LogP contribution in [-0.4, -0.2) is 58.2 Å². The number of hydrogen-bond acceptors (Lipinski definition) is 8. The summed E-state index contributed by atoms with van der Waals surface area (Å²) in [6, 6.07) is 11.6. The van der Waals surface area contributed by atoms with Crippen molar-refractivity contribution in [1.29, 1.82) is 0 Å². The Morgan fingerprint density at radius 3 is 2.54 bits per heavy atom. The summed E-state index contributed by atoms with van der Waals surface area (Å²) in [5.41, 5.74) is 3.56. The predicted molar refractivity (Wildman–Crippen MR) is 132 cm³/mol. The molecule has 0 aliphatic rings. The first-order valence-electron chi connectivity index (χ1n) is 10.3. The van der Waals surface area contributed by atoms with Crippen LogP contribution in [0.25, 0.3) is 22.4 Å². The van der Waals surface area contributed by atoms with Crippen LogP contribution in [0, 0.1) is 0 Å². The quantitative estimate of drug-likeness (QED) is 0.329. The van der Waals surface area contributed by atoms with E-state index in [9.17, 15) is 23.1 Å². The summed E-state index contributed by atoms with van der Waals surface area (Å²) >= 11 is 1.21. The van der Waals surface area contributed by atoms with Crippen LogP contribution in [0.3, 0.4) is 0 Å². The molecule has 0 aliphatic carbocycles. The molecule has 0 aliphatic heterocycles. The highest BCUT2D eigenvalue weighted by atomic mass is 32.2. The Balaban J connectivity index is 1.43. The molecule has 0 radical (unpaired) electrons. The van der Waals surface area contributed by atoms with Crippen LogP contribution >= 0.6 is 11.3 Å². The lowest BCUT2D eigenvalue weighted by Gasteiger charge is -2.14. The van der Waals surface area contributed by atoms with E-state index in [1.165, 1.54) is 23.6 Å². The third kappa shape index (κ3) is 5.80. The number of aliphatic hydroxyl groups is 1. The van der Waals surface area contributed by atoms with Crippen LogP contribution in [0.2, 0.25) is 0 Å². The molecule has 1 aromatic carbocycles. The van der Waals surface area contributed by atoms with E-state index in [4.69, 9.17) is 0 Å². The molecular weight excluding hydrogens is 490 g/mol. The summed E-state index contributed by atoms with van der Waals surface area (Å²) in [7, 11) is -3.55. The number of rotatable bonds is 8. The first-order valence-corrected chi connectivity index (χ1v) is 13.0. The van der Waals surface area contributed by atoms with Crippen molar-refractivity contribution < 1.29 is 23.1 Å². The Morgan fingerprint density at radius 1 is 1.11 bits per heavy atom. The minimum Gasteiger partial charge on any atom is -0.394 e. The van der Waals surface area contributed by atoms with Crippen molar-refractivity contribution >= 4 is 38.3 Å². The van der Waals surface area contributed by atoms with E-state index in [0.29, 0.717) is 10.8 Å². The lowest BCUT2D eigenvalue weighted by atomic mass is 10.0. The summed E-state index contributed by atoms with van der Waals surface area (Å²) in [6.07, 6.45) is 6.78. The van der Waals surface area contributed by atoms with Gasteiger partial charge in [0.15, 0.2) is 5.13 Å². The first kappa shape index (κ1) is 24.3. The molecule has 10 nitrogen and oxygen atoms in total. The van der Waals surface area contributed by atoms with Crippen molar-refractivity contribution in [1.82, 2.24) is 19.3 Å². The zero-order valence-electron chi connectivity index (χ0n) is 18.5. The fraction of sp³-hybridized carbons (Fsp3) is 0.130. The summed E-state index contributed by atoms with van der Waals surface area (Å²) in [6.45, 7) is -0.656. The second-order valence-corrected chi connectivity index (χ2v) is 10.3. The van der Waals surface area contributed by atoms with Gasteiger partial charge in [0.2, 0.25) is 10.0 Å². The normalized spacial score (nSPS) is 12.2. The molecule has 0 saturated carbocycles. The highest BCUT2D eigenvalue weighted by Gasteiger charge is 2.23. The summed E-state index contributed by atoms with van der Waals surface area (Å²) in [4.78, 5) is 33.5. The van der Waals surface area contributed by atoms with Crippen LogP contribution in [0.4, 0.5) is 5.13 Å². The Hall–Kier alpha value is -3.87. The first-order chi connectivity index (χ1) is 16.7. The van der Waals surface area contributed by atoms with E-state index in [1.807, 2.05) is 36.4 Å². The topological polar surface area (TPSA) is 143 Å². The van der Waals surface area contributed by atoms with Gasteiger partial charge in [-0.3, -0.25) is 18.5 Å². The van der Waals surface area contributed by atoms with Gasteiger partial charge in [0.05, 0.1) is 24.1 Å². The molecule has 180 valence electrons. The Kier molecular flexibility index (Phi) is 7.05. The molecule has 0 fully saturated rings. The number of amides is 2. The van der Waals surface area contributed by atoms with Gasteiger partial charge in [-0.25, -0.2) is 13.4 Å². The Morgan fingerprint density at radius 2 is 1.86 bits per heavy atom. The molecule has 0 spiro atoms. The number of aliphatic hydroxyl groups excluding tert-OH is 1. The third-order valence-corrected chi connectivity index (χ3v) is 6.77. The average Bonchev–Trinajstić information content (AvgIpc) is 3.53. The number of carbonyl (C=O) groups excluding carboxylic acids is 2. The molecule has 3 N–H and O–H groups in total. The largest absolute Gasteiger partial charge is 0.394 e. The minimum absolute atomic E-state index is 0.0345. The number of aromatic nitrogens is 3. The van der Waals surface area contributed by atoms with Gasteiger partial charge < -0.3 is 15.7 Å². The van der Waals surface area contributed by atoms with E-state index in [1.54, 1.807) is 17.8 Å². The van der Waals surface area contributed by atoms with Crippen LogP contribution < -0.4 is 10.6 Å². The average molecular weight is 512 g/mol. The summed E-state index contributed by atoms with van der Waals surface area (Å²) in [5.74, 6) is -1.36. The van der Waals surface area contributed by atoms with Crippen LogP contribution in [-0.2, 0) is 14.8 Å². The second-order valence-electron chi connectivity index (χ2n) is 7.55. The van der Waals surface area contributed by atoms with Crippen molar-refractivity contribution in [2.45, 2.75) is 6.04 Å². The number of anilines is 1. The van der Waals surface area contributed by atoms with Gasteiger partial charge in [-0.2, -0.15) is 0 Å². The van der Waals surface area contributed by atoms with E-state index < -0.39 is 34.5 Å². The van der Waals surface area contributed by atoms with E-state index in [0.717, 1.165) is 33.1 Å². The monoisotopic (exact) mass is 511 g/mol. The summed E-state index contributed by atoms with van der Waals surface area (Å²) in [5, 5.41) is 16.7. The fourth-order valence-corrected chi connectivity index (χ4v) is 4.52. The van der Waals surface area contributed by atoms with Crippen LogP contribution in [0.15, 0.2) is 72.6 Å². The number of nitrogens with one attached hydrogen (secondary N) is 2. The SMILES string of the molecule is CS(=O)(=O)n1ccc(C(=O)N[C@@H](CO)C(=O)Nc2nc(-c3cccc(-c4ccncc4)c3)cs2)c1. The van der Waals surface area contributed by atoms with Gasteiger partial charge in [-0.15, -0.1) is 11.3 Å². The zero-order chi connectivity index (χ0) is 25.0. The Labute approximate surface area is 205 Å². The maximum absolute atomic E-state index is 12.6. The number of benzene rings is 1. The van der Waals surface area contributed by atoms with Crippen molar-refractivity contribution in [3.63, 3.8) is 0 Å². The van der Waals surface area contributed by atoms with E-state index in [-0.39, 0.29) is 5.56 Å². The molecule has 2 amide bonds. The standard InChI is InChI=1S/C23H21N5O5S2/c1-35(32,33)28-10-7-18(12-28)21(30)25-19(13-29)22(31)27-23-26-20(14-34-23)17-4-2-3-16(11-17)15-5-8-24-9-6-15/h2-12,14,19,29H,13H2,1H3,(H,25,30)(H,26,27,31)/t19-/m0/s1.